The number of carbonyl (C=O) groups is 1. The Kier molecular flexibility index (Phi) is 4.78. The van der Waals surface area contributed by atoms with Crippen LogP contribution in [0.2, 0.25) is 0 Å². The molecule has 5 nitrogen and oxygen atoms in total. The van der Waals surface area contributed by atoms with Crippen LogP contribution in [0, 0.1) is 0 Å². The molecule has 3 N–H and O–H groups in total. The standard InChI is InChI=1S/C17H26N2O3/c1-16(2,3)22-15(20)19-10-8-17(21,9-11-19)14-6-4-13(12-18)5-7-14/h4-7,21H,8-12,18H2,1-3H3. The number of piperidine rings is 1. The van der Waals surface area contributed by atoms with Crippen molar-refractivity contribution in [1.82, 2.24) is 4.90 Å². The molecule has 0 saturated carbocycles. The maximum absolute atomic E-state index is 12.1. The Morgan fingerprint density at radius 1 is 1.27 bits per heavy atom. The number of carbonyl (C=O) groups excluding carboxylic acids is 1. The highest BCUT2D eigenvalue weighted by Gasteiger charge is 2.36. The minimum absolute atomic E-state index is 0.312. The van der Waals surface area contributed by atoms with E-state index in [2.05, 4.69) is 0 Å². The van der Waals surface area contributed by atoms with Crippen LogP contribution in [-0.4, -0.2) is 34.8 Å². The summed E-state index contributed by atoms with van der Waals surface area (Å²) in [7, 11) is 0. The molecule has 1 amide bonds. The first-order valence-electron chi connectivity index (χ1n) is 7.73. The molecule has 0 aromatic heterocycles. The summed E-state index contributed by atoms with van der Waals surface area (Å²) in [6, 6.07) is 7.72. The molecule has 1 fully saturated rings. The summed E-state index contributed by atoms with van der Waals surface area (Å²) in [5, 5.41) is 10.8. The zero-order valence-corrected chi connectivity index (χ0v) is 13.6. The number of nitrogens with zero attached hydrogens (tertiary/aromatic N) is 1. The second-order valence-corrected chi connectivity index (χ2v) is 6.90. The van der Waals surface area contributed by atoms with Gasteiger partial charge in [0.1, 0.15) is 5.60 Å². The zero-order valence-electron chi connectivity index (χ0n) is 13.6. The van der Waals surface area contributed by atoms with Gasteiger partial charge in [-0.2, -0.15) is 0 Å². The third-order valence-corrected chi connectivity index (χ3v) is 3.97. The molecule has 0 aliphatic carbocycles. The Morgan fingerprint density at radius 2 is 1.82 bits per heavy atom. The van der Waals surface area contributed by atoms with E-state index in [4.69, 9.17) is 10.5 Å². The highest BCUT2D eigenvalue weighted by molar-refractivity contribution is 5.68. The summed E-state index contributed by atoms with van der Waals surface area (Å²) in [5.41, 5.74) is 6.14. The van der Waals surface area contributed by atoms with Crippen LogP contribution in [0.25, 0.3) is 0 Å². The van der Waals surface area contributed by atoms with Crippen LogP contribution < -0.4 is 5.73 Å². The van der Waals surface area contributed by atoms with Crippen LogP contribution in [0.3, 0.4) is 0 Å². The molecule has 1 aromatic rings. The minimum atomic E-state index is -0.883. The van der Waals surface area contributed by atoms with Crippen molar-refractivity contribution in [3.8, 4) is 0 Å². The fraction of sp³-hybridized carbons (Fsp3) is 0.588. The van der Waals surface area contributed by atoms with Crippen LogP contribution in [0.5, 0.6) is 0 Å². The largest absolute Gasteiger partial charge is 0.444 e. The van der Waals surface area contributed by atoms with Gasteiger partial charge in [0.15, 0.2) is 0 Å². The number of nitrogens with two attached hydrogens (primary N) is 1. The molecule has 1 aliphatic heterocycles. The van der Waals surface area contributed by atoms with Gasteiger partial charge in [-0.05, 0) is 44.7 Å². The van der Waals surface area contributed by atoms with Gasteiger partial charge >= 0.3 is 6.09 Å². The number of benzene rings is 1. The lowest BCUT2D eigenvalue weighted by Crippen LogP contribution is -2.46. The second kappa shape index (κ2) is 6.26. The lowest BCUT2D eigenvalue weighted by atomic mass is 9.84. The van der Waals surface area contributed by atoms with E-state index in [1.165, 1.54) is 0 Å². The van der Waals surface area contributed by atoms with E-state index in [0.29, 0.717) is 32.5 Å². The van der Waals surface area contributed by atoms with Crippen molar-refractivity contribution in [3.05, 3.63) is 35.4 Å². The van der Waals surface area contributed by atoms with Crippen molar-refractivity contribution in [3.63, 3.8) is 0 Å². The van der Waals surface area contributed by atoms with E-state index < -0.39 is 11.2 Å². The molecule has 1 heterocycles. The summed E-state index contributed by atoms with van der Waals surface area (Å²) in [4.78, 5) is 13.7. The number of rotatable bonds is 2. The van der Waals surface area contributed by atoms with E-state index in [1.807, 2.05) is 45.0 Å². The van der Waals surface area contributed by atoms with Crippen molar-refractivity contribution in [2.24, 2.45) is 5.73 Å². The topological polar surface area (TPSA) is 75.8 Å². The van der Waals surface area contributed by atoms with Crippen LogP contribution >= 0.6 is 0 Å². The van der Waals surface area contributed by atoms with E-state index in [9.17, 15) is 9.90 Å². The Bertz CT molecular complexity index is 512. The van der Waals surface area contributed by atoms with Crippen molar-refractivity contribution in [2.75, 3.05) is 13.1 Å². The van der Waals surface area contributed by atoms with E-state index in [0.717, 1.165) is 11.1 Å². The first kappa shape index (κ1) is 16.8. The third-order valence-electron chi connectivity index (χ3n) is 3.97. The predicted molar refractivity (Wildman–Crippen MR) is 85.3 cm³/mol. The van der Waals surface area contributed by atoms with Crippen LogP contribution in [0.4, 0.5) is 4.79 Å². The van der Waals surface area contributed by atoms with Gasteiger partial charge in [0.25, 0.3) is 0 Å². The smallest absolute Gasteiger partial charge is 0.410 e. The number of amides is 1. The Balaban J connectivity index is 1.99. The molecule has 1 aliphatic rings. The maximum Gasteiger partial charge on any atom is 0.410 e. The van der Waals surface area contributed by atoms with Crippen molar-refractivity contribution in [1.29, 1.82) is 0 Å². The van der Waals surface area contributed by atoms with Crippen LogP contribution in [0.15, 0.2) is 24.3 Å². The van der Waals surface area contributed by atoms with E-state index in [1.54, 1.807) is 4.90 Å². The molecule has 1 aromatic carbocycles. The van der Waals surface area contributed by atoms with Gasteiger partial charge in [-0.15, -0.1) is 0 Å². The monoisotopic (exact) mass is 306 g/mol. The van der Waals surface area contributed by atoms with Gasteiger partial charge in [0, 0.05) is 19.6 Å². The zero-order chi connectivity index (χ0) is 16.4. The van der Waals surface area contributed by atoms with Crippen LogP contribution in [-0.2, 0) is 16.9 Å². The first-order valence-corrected chi connectivity index (χ1v) is 7.73. The molecule has 0 bridgehead atoms. The average molecular weight is 306 g/mol. The predicted octanol–water partition coefficient (Wildman–Crippen LogP) is 2.36. The highest BCUT2D eigenvalue weighted by Crippen LogP contribution is 2.33. The fourth-order valence-corrected chi connectivity index (χ4v) is 2.63. The number of hydrogen-bond donors (Lipinski definition) is 2. The van der Waals surface area contributed by atoms with E-state index >= 15 is 0 Å². The van der Waals surface area contributed by atoms with Crippen molar-refractivity contribution >= 4 is 6.09 Å². The first-order chi connectivity index (χ1) is 10.2. The Labute approximate surface area is 132 Å². The molecule has 0 atom stereocenters. The summed E-state index contributed by atoms with van der Waals surface area (Å²) in [6.07, 6.45) is 0.704. The molecule has 0 unspecified atom stereocenters. The SMILES string of the molecule is CC(C)(C)OC(=O)N1CCC(O)(c2ccc(CN)cc2)CC1. The summed E-state index contributed by atoms with van der Waals surface area (Å²) >= 11 is 0. The number of hydrogen-bond acceptors (Lipinski definition) is 4. The lowest BCUT2D eigenvalue weighted by Gasteiger charge is -2.39. The van der Waals surface area contributed by atoms with Gasteiger partial charge in [0.05, 0.1) is 5.60 Å². The van der Waals surface area contributed by atoms with Gasteiger partial charge < -0.3 is 20.5 Å². The van der Waals surface area contributed by atoms with Crippen LogP contribution in [0.1, 0.15) is 44.7 Å². The average Bonchev–Trinajstić information content (AvgIpc) is 2.46. The number of likely N-dealkylation sites (tertiary alicyclic amines) is 1. The molecule has 22 heavy (non-hydrogen) atoms. The van der Waals surface area contributed by atoms with Gasteiger partial charge in [-0.25, -0.2) is 4.79 Å². The number of ether oxygens (including phenoxy) is 1. The Hall–Kier alpha value is -1.59. The summed E-state index contributed by atoms with van der Waals surface area (Å²) < 4.78 is 5.37. The normalized spacial score (nSPS) is 18.1. The quantitative estimate of drug-likeness (QED) is 0.879. The molecule has 122 valence electrons. The van der Waals surface area contributed by atoms with Gasteiger partial charge in [-0.3, -0.25) is 0 Å². The molecular formula is C17H26N2O3. The van der Waals surface area contributed by atoms with Gasteiger partial charge in [0.2, 0.25) is 0 Å². The fourth-order valence-electron chi connectivity index (χ4n) is 2.63. The Morgan fingerprint density at radius 3 is 2.27 bits per heavy atom. The molecular weight excluding hydrogens is 280 g/mol. The summed E-state index contributed by atoms with van der Waals surface area (Å²) in [6.45, 7) is 7.03. The van der Waals surface area contributed by atoms with Crippen molar-refractivity contribution < 1.29 is 14.6 Å². The highest BCUT2D eigenvalue weighted by atomic mass is 16.6. The molecule has 0 spiro atoms. The lowest BCUT2D eigenvalue weighted by molar-refractivity contribution is -0.0356. The molecule has 2 rings (SSSR count). The number of aliphatic hydroxyl groups is 1. The molecule has 0 radical (unpaired) electrons. The molecule has 5 heteroatoms. The second-order valence-electron chi connectivity index (χ2n) is 6.90. The van der Waals surface area contributed by atoms with Gasteiger partial charge in [-0.1, -0.05) is 24.3 Å². The summed E-state index contributed by atoms with van der Waals surface area (Å²) in [5.74, 6) is 0. The third kappa shape index (κ3) is 3.99. The minimum Gasteiger partial charge on any atom is -0.444 e. The van der Waals surface area contributed by atoms with E-state index in [-0.39, 0.29) is 6.09 Å². The maximum atomic E-state index is 12.1. The van der Waals surface area contributed by atoms with Crippen molar-refractivity contribution in [2.45, 2.75) is 51.4 Å². The molecule has 1 saturated heterocycles.